The van der Waals surface area contributed by atoms with Crippen molar-refractivity contribution in [3.63, 3.8) is 0 Å². The lowest BCUT2D eigenvalue weighted by Crippen LogP contribution is -2.25. The molecular formula is C19H21BrN2O4. The SMILES string of the molecule is C/C(=N/NC(=O)COc1ccc(C(C)C)cc1Br)c1cc(O)ccc1O. The Morgan fingerprint density at radius 1 is 1.23 bits per heavy atom. The standard InChI is InChI=1S/C19H21BrN2O4/c1-11(2)13-4-7-18(16(20)8-13)26-10-19(25)22-21-12(3)15-9-14(23)5-6-17(15)24/h4-9,11,23-24H,10H2,1-3H3,(H,22,25)/b21-12-. The predicted octanol–water partition coefficient (Wildman–Crippen LogP) is 3.90. The van der Waals surface area contributed by atoms with Crippen molar-refractivity contribution in [2.24, 2.45) is 5.10 Å². The molecule has 2 aromatic carbocycles. The Morgan fingerprint density at radius 2 is 1.96 bits per heavy atom. The molecule has 7 heteroatoms. The quantitative estimate of drug-likeness (QED) is 0.375. The Morgan fingerprint density at radius 3 is 2.62 bits per heavy atom. The first-order valence-corrected chi connectivity index (χ1v) is 8.85. The van der Waals surface area contributed by atoms with Gasteiger partial charge in [-0.15, -0.1) is 0 Å². The minimum atomic E-state index is -0.441. The summed E-state index contributed by atoms with van der Waals surface area (Å²) in [6, 6.07) is 9.81. The van der Waals surface area contributed by atoms with E-state index in [1.54, 1.807) is 6.92 Å². The summed E-state index contributed by atoms with van der Waals surface area (Å²) in [4.78, 5) is 11.9. The Bertz CT molecular complexity index is 834. The monoisotopic (exact) mass is 420 g/mol. The first-order valence-electron chi connectivity index (χ1n) is 8.05. The minimum Gasteiger partial charge on any atom is -0.508 e. The molecule has 0 aromatic heterocycles. The van der Waals surface area contributed by atoms with Gasteiger partial charge in [-0.05, 0) is 64.7 Å². The molecule has 0 atom stereocenters. The second kappa shape index (κ2) is 8.71. The molecule has 0 aliphatic rings. The summed E-state index contributed by atoms with van der Waals surface area (Å²) in [6.45, 7) is 5.60. The molecule has 0 aliphatic carbocycles. The molecule has 138 valence electrons. The van der Waals surface area contributed by atoms with Crippen LogP contribution in [0.3, 0.4) is 0 Å². The van der Waals surface area contributed by atoms with Crippen molar-refractivity contribution in [2.75, 3.05) is 6.61 Å². The van der Waals surface area contributed by atoms with Crippen LogP contribution in [0.25, 0.3) is 0 Å². The molecule has 2 rings (SSSR count). The van der Waals surface area contributed by atoms with Crippen LogP contribution in [0.5, 0.6) is 17.2 Å². The van der Waals surface area contributed by atoms with Crippen LogP contribution in [-0.2, 0) is 4.79 Å². The van der Waals surface area contributed by atoms with E-state index in [0.717, 1.165) is 4.47 Å². The zero-order valence-electron chi connectivity index (χ0n) is 14.8. The van der Waals surface area contributed by atoms with Crippen molar-refractivity contribution in [2.45, 2.75) is 26.7 Å². The molecule has 0 spiro atoms. The maximum atomic E-state index is 11.9. The highest BCUT2D eigenvalue weighted by atomic mass is 79.9. The first-order chi connectivity index (χ1) is 12.3. The van der Waals surface area contributed by atoms with Crippen molar-refractivity contribution in [1.82, 2.24) is 5.43 Å². The number of aromatic hydroxyl groups is 2. The average Bonchev–Trinajstić information content (AvgIpc) is 2.60. The van der Waals surface area contributed by atoms with Crippen LogP contribution < -0.4 is 10.2 Å². The summed E-state index contributed by atoms with van der Waals surface area (Å²) in [5.74, 6) is 0.481. The number of hydrogen-bond acceptors (Lipinski definition) is 5. The van der Waals surface area contributed by atoms with E-state index in [1.165, 1.54) is 23.8 Å². The third kappa shape index (κ3) is 5.23. The summed E-state index contributed by atoms with van der Waals surface area (Å²) in [6.07, 6.45) is 0. The smallest absolute Gasteiger partial charge is 0.277 e. The molecule has 0 radical (unpaired) electrons. The number of carbonyl (C=O) groups is 1. The van der Waals surface area contributed by atoms with Crippen LogP contribution in [0.15, 0.2) is 46.0 Å². The van der Waals surface area contributed by atoms with Crippen molar-refractivity contribution < 1.29 is 19.7 Å². The van der Waals surface area contributed by atoms with E-state index in [9.17, 15) is 15.0 Å². The van der Waals surface area contributed by atoms with Gasteiger partial charge in [0.25, 0.3) is 5.91 Å². The van der Waals surface area contributed by atoms with Gasteiger partial charge in [0.2, 0.25) is 0 Å². The third-order valence-corrected chi connectivity index (χ3v) is 4.32. The average molecular weight is 421 g/mol. The van der Waals surface area contributed by atoms with Crippen LogP contribution in [0.4, 0.5) is 0 Å². The van der Waals surface area contributed by atoms with Crippen molar-refractivity contribution in [3.8, 4) is 17.2 Å². The summed E-state index contributed by atoms with van der Waals surface area (Å²) in [7, 11) is 0. The number of carbonyl (C=O) groups excluding carboxylic acids is 1. The van der Waals surface area contributed by atoms with Gasteiger partial charge >= 0.3 is 0 Å². The number of ether oxygens (including phenoxy) is 1. The number of halogens is 1. The van der Waals surface area contributed by atoms with Gasteiger partial charge in [-0.1, -0.05) is 19.9 Å². The normalized spacial score (nSPS) is 11.5. The van der Waals surface area contributed by atoms with Gasteiger partial charge in [0, 0.05) is 5.56 Å². The zero-order chi connectivity index (χ0) is 19.3. The van der Waals surface area contributed by atoms with E-state index in [2.05, 4.69) is 40.3 Å². The summed E-state index contributed by atoms with van der Waals surface area (Å²) in [5, 5.41) is 23.2. The van der Waals surface area contributed by atoms with E-state index in [-0.39, 0.29) is 18.1 Å². The second-order valence-electron chi connectivity index (χ2n) is 6.07. The number of amides is 1. The molecule has 0 saturated carbocycles. The first kappa shape index (κ1) is 19.8. The maximum absolute atomic E-state index is 11.9. The Hall–Kier alpha value is -2.54. The molecule has 0 aliphatic heterocycles. The lowest BCUT2D eigenvalue weighted by Gasteiger charge is -2.11. The predicted molar refractivity (Wildman–Crippen MR) is 104 cm³/mol. The lowest BCUT2D eigenvalue weighted by atomic mass is 10.0. The highest BCUT2D eigenvalue weighted by Crippen LogP contribution is 2.28. The molecule has 0 unspecified atom stereocenters. The minimum absolute atomic E-state index is 0.00305. The van der Waals surface area contributed by atoms with Gasteiger partial charge in [-0.25, -0.2) is 5.43 Å². The number of rotatable bonds is 6. The topological polar surface area (TPSA) is 91.2 Å². The van der Waals surface area contributed by atoms with E-state index in [1.807, 2.05) is 18.2 Å². The Kier molecular flexibility index (Phi) is 6.63. The van der Waals surface area contributed by atoms with Crippen LogP contribution in [0, 0.1) is 0 Å². The summed E-state index contributed by atoms with van der Waals surface area (Å²) >= 11 is 3.44. The molecule has 0 fully saturated rings. The molecule has 0 heterocycles. The number of phenols is 2. The van der Waals surface area contributed by atoms with Crippen LogP contribution in [0.2, 0.25) is 0 Å². The largest absolute Gasteiger partial charge is 0.508 e. The number of hydrazone groups is 1. The number of phenolic OH excluding ortho intramolecular Hbond substituents is 2. The molecule has 26 heavy (non-hydrogen) atoms. The molecule has 6 nitrogen and oxygen atoms in total. The van der Waals surface area contributed by atoms with Crippen molar-refractivity contribution >= 4 is 27.5 Å². The van der Waals surface area contributed by atoms with E-state index in [4.69, 9.17) is 4.74 Å². The van der Waals surface area contributed by atoms with Gasteiger partial charge in [0.1, 0.15) is 17.2 Å². The van der Waals surface area contributed by atoms with E-state index < -0.39 is 5.91 Å². The van der Waals surface area contributed by atoms with Gasteiger partial charge < -0.3 is 14.9 Å². The third-order valence-electron chi connectivity index (χ3n) is 3.70. The molecule has 1 amide bonds. The maximum Gasteiger partial charge on any atom is 0.277 e. The number of hydrogen-bond donors (Lipinski definition) is 3. The van der Waals surface area contributed by atoms with Gasteiger partial charge in [-0.3, -0.25) is 4.79 Å². The van der Waals surface area contributed by atoms with Crippen LogP contribution >= 0.6 is 15.9 Å². The van der Waals surface area contributed by atoms with Gasteiger partial charge in [0.05, 0.1) is 10.2 Å². The molecular weight excluding hydrogens is 400 g/mol. The van der Waals surface area contributed by atoms with Crippen molar-refractivity contribution in [3.05, 3.63) is 52.0 Å². The van der Waals surface area contributed by atoms with Gasteiger partial charge in [0.15, 0.2) is 6.61 Å². The molecule has 2 aromatic rings. The summed E-state index contributed by atoms with van der Waals surface area (Å²) in [5.41, 5.74) is 4.22. The zero-order valence-corrected chi connectivity index (χ0v) is 16.4. The molecule has 0 bridgehead atoms. The van der Waals surface area contributed by atoms with E-state index in [0.29, 0.717) is 22.9 Å². The highest BCUT2D eigenvalue weighted by Gasteiger charge is 2.09. The fourth-order valence-corrected chi connectivity index (χ4v) is 2.70. The Balaban J connectivity index is 1.96. The van der Waals surface area contributed by atoms with Crippen LogP contribution in [-0.4, -0.2) is 28.4 Å². The second-order valence-corrected chi connectivity index (χ2v) is 6.92. The van der Waals surface area contributed by atoms with Gasteiger partial charge in [-0.2, -0.15) is 5.10 Å². The Labute approximate surface area is 160 Å². The summed E-state index contributed by atoms with van der Waals surface area (Å²) < 4.78 is 6.28. The lowest BCUT2D eigenvalue weighted by molar-refractivity contribution is -0.123. The number of nitrogens with one attached hydrogen (secondary N) is 1. The number of nitrogens with zero attached hydrogens (tertiary/aromatic N) is 1. The molecule has 3 N–H and O–H groups in total. The van der Waals surface area contributed by atoms with Crippen molar-refractivity contribution in [1.29, 1.82) is 0 Å². The molecule has 0 saturated heterocycles. The van der Waals surface area contributed by atoms with E-state index >= 15 is 0 Å². The van der Waals surface area contributed by atoms with Crippen LogP contribution in [0.1, 0.15) is 37.8 Å². The number of benzene rings is 2. The fourth-order valence-electron chi connectivity index (χ4n) is 2.19. The highest BCUT2D eigenvalue weighted by molar-refractivity contribution is 9.10. The fraction of sp³-hybridized carbons (Fsp3) is 0.263.